The van der Waals surface area contributed by atoms with E-state index < -0.39 is 5.97 Å². The van der Waals surface area contributed by atoms with Gasteiger partial charge < -0.3 is 9.84 Å². The molecule has 0 saturated carbocycles. The van der Waals surface area contributed by atoms with Gasteiger partial charge in [-0.2, -0.15) is 0 Å². The summed E-state index contributed by atoms with van der Waals surface area (Å²) in [5.74, 6) is -0.0908. The SMILES string of the molecule is CC(=CC(=O)O)COc1c(C)ccc(C)c1C. The fourth-order valence-corrected chi connectivity index (χ4v) is 1.59. The maximum absolute atomic E-state index is 10.5. The first-order valence-electron chi connectivity index (χ1n) is 5.51. The highest BCUT2D eigenvalue weighted by molar-refractivity contribution is 5.80. The van der Waals surface area contributed by atoms with E-state index in [1.165, 1.54) is 11.6 Å². The van der Waals surface area contributed by atoms with E-state index in [1.807, 2.05) is 26.8 Å². The van der Waals surface area contributed by atoms with Crippen LogP contribution in [-0.2, 0) is 4.79 Å². The van der Waals surface area contributed by atoms with E-state index in [9.17, 15) is 4.79 Å². The van der Waals surface area contributed by atoms with Gasteiger partial charge in [0.15, 0.2) is 0 Å². The molecule has 1 aromatic carbocycles. The molecular weight excluding hydrogens is 216 g/mol. The van der Waals surface area contributed by atoms with Crippen molar-refractivity contribution in [3.8, 4) is 5.75 Å². The third-order valence-electron chi connectivity index (χ3n) is 2.69. The highest BCUT2D eigenvalue weighted by atomic mass is 16.5. The van der Waals surface area contributed by atoms with Crippen molar-refractivity contribution in [2.24, 2.45) is 0 Å². The Morgan fingerprint density at radius 3 is 2.47 bits per heavy atom. The Bertz CT molecular complexity index is 459. The van der Waals surface area contributed by atoms with Gasteiger partial charge in [-0.25, -0.2) is 4.79 Å². The van der Waals surface area contributed by atoms with Gasteiger partial charge in [0.2, 0.25) is 0 Å². The van der Waals surface area contributed by atoms with Crippen molar-refractivity contribution in [2.75, 3.05) is 6.61 Å². The summed E-state index contributed by atoms with van der Waals surface area (Å²) in [6.45, 7) is 8.07. The van der Waals surface area contributed by atoms with Crippen LogP contribution in [0.1, 0.15) is 23.6 Å². The molecule has 3 nitrogen and oxygen atoms in total. The fourth-order valence-electron chi connectivity index (χ4n) is 1.59. The molecule has 0 fully saturated rings. The topological polar surface area (TPSA) is 46.5 Å². The predicted molar refractivity (Wildman–Crippen MR) is 67.5 cm³/mol. The molecule has 0 aliphatic rings. The smallest absolute Gasteiger partial charge is 0.328 e. The van der Waals surface area contributed by atoms with E-state index in [0.29, 0.717) is 12.2 Å². The van der Waals surface area contributed by atoms with Gasteiger partial charge in [0.25, 0.3) is 0 Å². The van der Waals surface area contributed by atoms with Gasteiger partial charge in [0.05, 0.1) is 0 Å². The molecule has 0 spiro atoms. The van der Waals surface area contributed by atoms with Crippen LogP contribution in [0.3, 0.4) is 0 Å². The number of benzene rings is 1. The molecule has 1 rings (SSSR count). The monoisotopic (exact) mass is 234 g/mol. The van der Waals surface area contributed by atoms with Crippen LogP contribution < -0.4 is 4.74 Å². The van der Waals surface area contributed by atoms with Gasteiger partial charge in [-0.15, -0.1) is 0 Å². The van der Waals surface area contributed by atoms with Crippen molar-refractivity contribution >= 4 is 5.97 Å². The van der Waals surface area contributed by atoms with Crippen LogP contribution >= 0.6 is 0 Å². The minimum atomic E-state index is -0.941. The molecule has 0 aliphatic carbocycles. The van der Waals surface area contributed by atoms with E-state index in [4.69, 9.17) is 9.84 Å². The average molecular weight is 234 g/mol. The Labute approximate surface area is 102 Å². The summed E-state index contributed by atoms with van der Waals surface area (Å²) >= 11 is 0. The molecule has 0 unspecified atom stereocenters. The number of ether oxygens (including phenoxy) is 1. The number of hydrogen-bond acceptors (Lipinski definition) is 2. The molecule has 3 heteroatoms. The van der Waals surface area contributed by atoms with Crippen LogP contribution in [0.5, 0.6) is 5.75 Å². The fraction of sp³-hybridized carbons (Fsp3) is 0.357. The second-order valence-corrected chi connectivity index (χ2v) is 4.27. The lowest BCUT2D eigenvalue weighted by Gasteiger charge is -2.13. The number of aliphatic carboxylic acids is 1. The summed E-state index contributed by atoms with van der Waals surface area (Å²) in [6.07, 6.45) is 1.17. The lowest BCUT2D eigenvalue weighted by molar-refractivity contribution is -0.131. The zero-order valence-electron chi connectivity index (χ0n) is 10.7. The minimum Gasteiger partial charge on any atom is -0.489 e. The molecule has 0 amide bonds. The van der Waals surface area contributed by atoms with E-state index in [1.54, 1.807) is 6.92 Å². The molecular formula is C14H18O3. The van der Waals surface area contributed by atoms with Gasteiger partial charge in [-0.05, 0) is 50.0 Å². The summed E-state index contributed by atoms with van der Waals surface area (Å²) < 4.78 is 5.68. The van der Waals surface area contributed by atoms with Crippen molar-refractivity contribution in [3.63, 3.8) is 0 Å². The molecule has 0 bridgehead atoms. The second kappa shape index (κ2) is 5.53. The summed E-state index contributed by atoms with van der Waals surface area (Å²) in [4.78, 5) is 10.5. The van der Waals surface area contributed by atoms with Crippen LogP contribution in [0.2, 0.25) is 0 Å². The Balaban J connectivity index is 2.83. The minimum absolute atomic E-state index is 0.303. The highest BCUT2D eigenvalue weighted by Crippen LogP contribution is 2.25. The molecule has 92 valence electrons. The predicted octanol–water partition coefficient (Wildman–Crippen LogP) is 3.02. The highest BCUT2D eigenvalue weighted by Gasteiger charge is 2.06. The third-order valence-corrected chi connectivity index (χ3v) is 2.69. The molecule has 17 heavy (non-hydrogen) atoms. The molecule has 0 aliphatic heterocycles. The molecule has 0 heterocycles. The molecule has 1 N–H and O–H groups in total. The zero-order valence-corrected chi connectivity index (χ0v) is 10.7. The van der Waals surface area contributed by atoms with Crippen LogP contribution in [-0.4, -0.2) is 17.7 Å². The second-order valence-electron chi connectivity index (χ2n) is 4.27. The first-order chi connectivity index (χ1) is 7.91. The number of carboxylic acid groups (broad SMARTS) is 1. The van der Waals surface area contributed by atoms with Crippen molar-refractivity contribution < 1.29 is 14.6 Å². The van der Waals surface area contributed by atoms with Gasteiger partial charge in [0, 0.05) is 6.08 Å². The third kappa shape index (κ3) is 3.63. The largest absolute Gasteiger partial charge is 0.489 e. The van der Waals surface area contributed by atoms with Crippen LogP contribution in [0.25, 0.3) is 0 Å². The summed E-state index contributed by atoms with van der Waals surface area (Å²) in [5.41, 5.74) is 4.03. The van der Waals surface area contributed by atoms with E-state index in [2.05, 4.69) is 6.07 Å². The Hall–Kier alpha value is -1.77. The Kier molecular flexibility index (Phi) is 4.32. The van der Waals surface area contributed by atoms with E-state index >= 15 is 0 Å². The Morgan fingerprint density at radius 1 is 1.29 bits per heavy atom. The maximum Gasteiger partial charge on any atom is 0.328 e. The van der Waals surface area contributed by atoms with Crippen molar-refractivity contribution in [3.05, 3.63) is 40.5 Å². The quantitative estimate of drug-likeness (QED) is 0.814. The number of rotatable bonds is 4. The van der Waals surface area contributed by atoms with Gasteiger partial charge in [-0.3, -0.25) is 0 Å². The maximum atomic E-state index is 10.5. The van der Waals surface area contributed by atoms with Crippen LogP contribution in [0.15, 0.2) is 23.8 Å². The molecule has 0 saturated heterocycles. The van der Waals surface area contributed by atoms with Gasteiger partial charge >= 0.3 is 5.97 Å². The lowest BCUT2D eigenvalue weighted by Crippen LogP contribution is -2.04. The van der Waals surface area contributed by atoms with Crippen LogP contribution in [0.4, 0.5) is 0 Å². The number of carboxylic acids is 1. The normalized spacial score (nSPS) is 11.4. The van der Waals surface area contributed by atoms with E-state index in [0.717, 1.165) is 16.9 Å². The van der Waals surface area contributed by atoms with Crippen molar-refractivity contribution in [1.29, 1.82) is 0 Å². The molecule has 0 aromatic heterocycles. The average Bonchev–Trinajstić information content (AvgIpc) is 2.23. The lowest BCUT2D eigenvalue weighted by atomic mass is 10.1. The standard InChI is InChI=1S/C14H18O3/c1-9(7-13(15)16)8-17-14-11(3)6-5-10(2)12(14)4/h5-7H,8H2,1-4H3,(H,15,16). The Morgan fingerprint density at radius 2 is 1.88 bits per heavy atom. The van der Waals surface area contributed by atoms with Crippen LogP contribution in [0, 0.1) is 20.8 Å². The van der Waals surface area contributed by atoms with Crippen molar-refractivity contribution in [1.82, 2.24) is 0 Å². The summed E-state index contributed by atoms with van der Waals surface area (Å²) in [6, 6.07) is 4.06. The van der Waals surface area contributed by atoms with Gasteiger partial charge in [-0.1, -0.05) is 12.1 Å². The number of carbonyl (C=O) groups is 1. The zero-order chi connectivity index (χ0) is 13.0. The summed E-state index contributed by atoms with van der Waals surface area (Å²) in [5, 5.41) is 8.60. The molecule has 0 atom stereocenters. The first-order valence-corrected chi connectivity index (χ1v) is 5.51. The van der Waals surface area contributed by atoms with E-state index in [-0.39, 0.29) is 0 Å². The number of aryl methyl sites for hydroxylation is 2. The van der Waals surface area contributed by atoms with Gasteiger partial charge in [0.1, 0.15) is 12.4 Å². The summed E-state index contributed by atoms with van der Waals surface area (Å²) in [7, 11) is 0. The number of hydrogen-bond donors (Lipinski definition) is 1. The first kappa shape index (κ1) is 13.3. The molecule has 0 radical (unpaired) electrons. The van der Waals surface area contributed by atoms with Crippen molar-refractivity contribution in [2.45, 2.75) is 27.7 Å². The molecule has 1 aromatic rings.